The van der Waals surface area contributed by atoms with Crippen LogP contribution in [-0.2, 0) is 14.8 Å². The van der Waals surface area contributed by atoms with Gasteiger partial charge in [0, 0.05) is 33.6 Å². The molecule has 1 aromatic rings. The Bertz CT molecular complexity index is 661. The quantitative estimate of drug-likeness (QED) is 0.823. The molecule has 1 saturated heterocycles. The molecule has 0 saturated carbocycles. The third-order valence-corrected chi connectivity index (χ3v) is 6.04. The van der Waals surface area contributed by atoms with Gasteiger partial charge in [-0.1, -0.05) is 6.07 Å². The van der Waals surface area contributed by atoms with Crippen molar-refractivity contribution >= 4 is 15.9 Å². The summed E-state index contributed by atoms with van der Waals surface area (Å²) in [5.41, 5.74) is 0. The Hall–Kier alpha value is -1.47. The molecule has 0 N–H and O–H groups in total. The first-order chi connectivity index (χ1) is 10.8. The number of carbonyl (C=O) groups is 1. The van der Waals surface area contributed by atoms with Gasteiger partial charge in [0.05, 0.1) is 4.90 Å². The van der Waals surface area contributed by atoms with Gasteiger partial charge in [-0.15, -0.1) is 0 Å². The summed E-state index contributed by atoms with van der Waals surface area (Å²) in [4.78, 5) is 13.2. The Morgan fingerprint density at radius 1 is 1.39 bits per heavy atom. The first-order valence-electron chi connectivity index (χ1n) is 7.76. The second-order valence-electron chi connectivity index (χ2n) is 6.16. The zero-order chi connectivity index (χ0) is 17.0. The third kappa shape index (κ3) is 4.51. The van der Waals surface area contributed by atoms with E-state index >= 15 is 0 Å². The number of sulfonamides is 1. The van der Waals surface area contributed by atoms with Crippen molar-refractivity contribution in [1.82, 2.24) is 9.21 Å². The molecule has 128 valence electrons. The number of piperidine rings is 1. The molecule has 5 nitrogen and oxygen atoms in total. The van der Waals surface area contributed by atoms with Gasteiger partial charge in [-0.05, 0) is 43.4 Å². The molecule has 23 heavy (non-hydrogen) atoms. The zero-order valence-corrected chi connectivity index (χ0v) is 14.4. The van der Waals surface area contributed by atoms with E-state index in [9.17, 15) is 17.6 Å². The van der Waals surface area contributed by atoms with Crippen molar-refractivity contribution in [3.05, 3.63) is 30.1 Å². The number of rotatable bonds is 5. The Kier molecular flexibility index (Phi) is 5.75. The van der Waals surface area contributed by atoms with Gasteiger partial charge in [0.2, 0.25) is 15.9 Å². The molecule has 1 aromatic carbocycles. The van der Waals surface area contributed by atoms with Crippen LogP contribution < -0.4 is 0 Å². The lowest BCUT2D eigenvalue weighted by Crippen LogP contribution is -2.40. The highest BCUT2D eigenvalue weighted by Crippen LogP contribution is 2.26. The van der Waals surface area contributed by atoms with Crippen molar-refractivity contribution in [2.45, 2.75) is 30.6 Å². The lowest BCUT2D eigenvalue weighted by molar-refractivity contribution is -0.129. The normalized spacial score (nSPS) is 19.5. The summed E-state index contributed by atoms with van der Waals surface area (Å²) in [6.07, 6.45) is 2.77. The average molecular weight is 342 g/mol. The Morgan fingerprint density at radius 3 is 2.78 bits per heavy atom. The van der Waals surface area contributed by atoms with Gasteiger partial charge in [-0.2, -0.15) is 4.31 Å². The lowest BCUT2D eigenvalue weighted by atomic mass is 9.94. The third-order valence-electron chi connectivity index (χ3n) is 4.18. The molecule has 2 rings (SSSR count). The largest absolute Gasteiger partial charge is 0.349 e. The number of hydrogen-bond acceptors (Lipinski definition) is 3. The summed E-state index contributed by atoms with van der Waals surface area (Å²) in [5.74, 6) is -0.345. The monoisotopic (exact) mass is 342 g/mol. The topological polar surface area (TPSA) is 57.7 Å². The molecule has 1 aliphatic rings. The first-order valence-corrected chi connectivity index (χ1v) is 9.20. The summed E-state index contributed by atoms with van der Waals surface area (Å²) in [7, 11) is -0.250. The van der Waals surface area contributed by atoms with Gasteiger partial charge in [-0.3, -0.25) is 4.79 Å². The molecule has 0 radical (unpaired) electrons. The number of hydrogen-bond donors (Lipinski definition) is 0. The predicted octanol–water partition coefficient (Wildman–Crippen LogP) is 2.09. The second-order valence-corrected chi connectivity index (χ2v) is 8.09. The lowest BCUT2D eigenvalue weighted by Gasteiger charge is -2.32. The van der Waals surface area contributed by atoms with Gasteiger partial charge in [-0.25, -0.2) is 12.8 Å². The highest BCUT2D eigenvalue weighted by Gasteiger charge is 2.30. The molecule has 1 atom stereocenters. The van der Waals surface area contributed by atoms with Gasteiger partial charge >= 0.3 is 0 Å². The summed E-state index contributed by atoms with van der Waals surface area (Å²) < 4.78 is 39.9. The molecule has 1 heterocycles. The van der Waals surface area contributed by atoms with E-state index in [1.807, 2.05) is 0 Å². The maximum Gasteiger partial charge on any atom is 0.243 e. The standard InChI is InChI=1S/C16H23FN2O3S/c1-18(2)16(20)9-8-13-5-4-10-19(12-13)23(21,22)15-7-3-6-14(17)11-15/h3,6-7,11,13H,4-5,8-10,12H2,1-2H3. The van der Waals surface area contributed by atoms with E-state index in [1.54, 1.807) is 19.0 Å². The molecule has 1 fully saturated rings. The van der Waals surface area contributed by atoms with Crippen LogP contribution in [0.2, 0.25) is 0 Å². The van der Waals surface area contributed by atoms with Gasteiger partial charge in [0.1, 0.15) is 5.82 Å². The summed E-state index contributed by atoms with van der Waals surface area (Å²) in [6.45, 7) is 0.830. The van der Waals surface area contributed by atoms with Crippen LogP contribution in [0, 0.1) is 11.7 Å². The fourth-order valence-electron chi connectivity index (χ4n) is 2.81. The fourth-order valence-corrected chi connectivity index (χ4v) is 4.40. The average Bonchev–Trinajstić information content (AvgIpc) is 2.52. The van der Waals surface area contributed by atoms with Crippen LogP contribution in [0.25, 0.3) is 0 Å². The zero-order valence-electron chi connectivity index (χ0n) is 13.5. The molecule has 0 spiro atoms. The minimum atomic E-state index is -3.67. The molecular formula is C16H23FN2O3S. The molecule has 0 aromatic heterocycles. The van der Waals surface area contributed by atoms with Crippen LogP contribution in [0.3, 0.4) is 0 Å². The van der Waals surface area contributed by atoms with Crippen molar-refractivity contribution in [3.8, 4) is 0 Å². The van der Waals surface area contributed by atoms with Crippen LogP contribution in [-0.4, -0.2) is 50.7 Å². The molecule has 1 aliphatic heterocycles. The molecule has 0 aliphatic carbocycles. The number of carbonyl (C=O) groups excluding carboxylic acids is 1. The summed E-state index contributed by atoms with van der Waals surface area (Å²) in [5, 5.41) is 0. The van der Waals surface area contributed by atoms with Gasteiger partial charge < -0.3 is 4.90 Å². The maximum absolute atomic E-state index is 13.3. The second kappa shape index (κ2) is 7.40. The van der Waals surface area contributed by atoms with E-state index in [-0.39, 0.29) is 16.7 Å². The number of benzene rings is 1. The van der Waals surface area contributed by atoms with E-state index < -0.39 is 15.8 Å². The molecular weight excluding hydrogens is 319 g/mol. The smallest absolute Gasteiger partial charge is 0.243 e. The number of halogens is 1. The molecule has 7 heteroatoms. The summed E-state index contributed by atoms with van der Waals surface area (Å²) >= 11 is 0. The van der Waals surface area contributed by atoms with Gasteiger partial charge in [0.25, 0.3) is 0 Å². The Morgan fingerprint density at radius 2 is 2.13 bits per heavy atom. The molecule has 1 unspecified atom stereocenters. The Balaban J connectivity index is 2.04. The minimum absolute atomic E-state index is 0.0116. The Labute approximate surface area is 137 Å². The number of nitrogens with zero attached hydrogens (tertiary/aromatic N) is 2. The van der Waals surface area contributed by atoms with Crippen molar-refractivity contribution in [2.24, 2.45) is 5.92 Å². The van der Waals surface area contributed by atoms with Crippen LogP contribution >= 0.6 is 0 Å². The van der Waals surface area contributed by atoms with E-state index in [2.05, 4.69) is 0 Å². The SMILES string of the molecule is CN(C)C(=O)CCC1CCCN(S(=O)(=O)c2cccc(F)c2)C1. The molecule has 0 bridgehead atoms. The molecule has 1 amide bonds. The van der Waals surface area contributed by atoms with E-state index in [4.69, 9.17) is 0 Å². The number of amides is 1. The van der Waals surface area contributed by atoms with Crippen LogP contribution in [0.1, 0.15) is 25.7 Å². The van der Waals surface area contributed by atoms with E-state index in [0.717, 1.165) is 18.9 Å². The van der Waals surface area contributed by atoms with E-state index in [1.165, 1.54) is 22.5 Å². The van der Waals surface area contributed by atoms with Crippen molar-refractivity contribution in [3.63, 3.8) is 0 Å². The van der Waals surface area contributed by atoms with Crippen molar-refractivity contribution in [1.29, 1.82) is 0 Å². The maximum atomic E-state index is 13.3. The highest BCUT2D eigenvalue weighted by molar-refractivity contribution is 7.89. The summed E-state index contributed by atoms with van der Waals surface area (Å²) in [6, 6.07) is 5.09. The highest BCUT2D eigenvalue weighted by atomic mass is 32.2. The van der Waals surface area contributed by atoms with E-state index in [0.29, 0.717) is 25.9 Å². The van der Waals surface area contributed by atoms with Crippen LogP contribution in [0.4, 0.5) is 4.39 Å². The van der Waals surface area contributed by atoms with Crippen molar-refractivity contribution < 1.29 is 17.6 Å². The van der Waals surface area contributed by atoms with Crippen molar-refractivity contribution in [2.75, 3.05) is 27.2 Å². The predicted molar refractivity (Wildman–Crippen MR) is 85.8 cm³/mol. The first kappa shape index (κ1) is 17.9. The van der Waals surface area contributed by atoms with Crippen LogP contribution in [0.5, 0.6) is 0 Å². The van der Waals surface area contributed by atoms with Gasteiger partial charge in [0.15, 0.2) is 0 Å². The minimum Gasteiger partial charge on any atom is -0.349 e. The van der Waals surface area contributed by atoms with Crippen LogP contribution in [0.15, 0.2) is 29.2 Å². The fraction of sp³-hybridized carbons (Fsp3) is 0.562.